The second kappa shape index (κ2) is 7.10. The topological polar surface area (TPSA) is 44.5 Å². The zero-order chi connectivity index (χ0) is 22.6. The molecule has 5 aromatic carbocycles. The van der Waals surface area contributed by atoms with E-state index in [-0.39, 0.29) is 0 Å². The van der Waals surface area contributed by atoms with Gasteiger partial charge < -0.3 is 9.55 Å². The van der Waals surface area contributed by atoms with Crippen molar-refractivity contribution in [2.75, 3.05) is 0 Å². The normalized spacial score (nSPS) is 11.5. The van der Waals surface area contributed by atoms with Crippen LogP contribution in [0.1, 0.15) is 5.56 Å². The minimum Gasteiger partial charge on any atom is -0.354 e. The highest BCUT2D eigenvalue weighted by molar-refractivity contribution is 6.12. The molecule has 0 spiro atoms. The average Bonchev–Trinajstić information content (AvgIpc) is 3.44. The maximum atomic E-state index is 9.43. The number of rotatable bonds is 2. The SMILES string of the molecule is N#Cc1ccc2c(c1)c1ccccc1n2-c1cccc(-c2cccc3c2[nH]c2ccccc23)c1. The zero-order valence-electron chi connectivity index (χ0n) is 18.3. The standard InChI is InChI=1S/C31H19N3/c32-19-20-15-16-30-27(17-20)25-10-2-4-14-29(25)34(30)22-8-5-7-21(18-22)23-11-6-12-26-24-9-1-3-13-28(24)33-31(23)26/h1-18,33H. The number of hydrogen-bond donors (Lipinski definition) is 1. The molecular formula is C31H19N3. The number of para-hydroxylation sites is 3. The molecule has 0 aliphatic heterocycles. The van der Waals surface area contributed by atoms with Crippen LogP contribution in [-0.2, 0) is 0 Å². The molecule has 0 atom stereocenters. The van der Waals surface area contributed by atoms with Crippen molar-refractivity contribution in [3.63, 3.8) is 0 Å². The van der Waals surface area contributed by atoms with Crippen LogP contribution in [-0.4, -0.2) is 9.55 Å². The van der Waals surface area contributed by atoms with Crippen molar-refractivity contribution >= 4 is 43.6 Å². The van der Waals surface area contributed by atoms with Gasteiger partial charge in [0.2, 0.25) is 0 Å². The number of aromatic nitrogens is 2. The van der Waals surface area contributed by atoms with Gasteiger partial charge in [0.05, 0.1) is 28.2 Å². The van der Waals surface area contributed by atoms with Gasteiger partial charge in [-0.3, -0.25) is 0 Å². The Morgan fingerprint density at radius 1 is 0.618 bits per heavy atom. The van der Waals surface area contributed by atoms with Gasteiger partial charge in [-0.25, -0.2) is 0 Å². The molecule has 0 saturated carbocycles. The van der Waals surface area contributed by atoms with E-state index in [2.05, 4.69) is 113 Å². The molecular weight excluding hydrogens is 414 g/mol. The molecule has 34 heavy (non-hydrogen) atoms. The Hall–Kier alpha value is -4.81. The minimum atomic E-state index is 0.676. The third-order valence-corrected chi connectivity index (χ3v) is 6.76. The molecule has 0 unspecified atom stereocenters. The molecule has 0 aliphatic carbocycles. The van der Waals surface area contributed by atoms with E-state index >= 15 is 0 Å². The molecule has 3 heteroatoms. The monoisotopic (exact) mass is 433 g/mol. The van der Waals surface area contributed by atoms with Crippen molar-refractivity contribution in [3.05, 3.63) is 115 Å². The third-order valence-electron chi connectivity index (χ3n) is 6.76. The van der Waals surface area contributed by atoms with Crippen LogP contribution in [0.5, 0.6) is 0 Å². The average molecular weight is 434 g/mol. The molecule has 2 aromatic heterocycles. The summed E-state index contributed by atoms with van der Waals surface area (Å²) in [6.07, 6.45) is 0. The fourth-order valence-electron chi connectivity index (χ4n) is 5.25. The minimum absolute atomic E-state index is 0.676. The smallest absolute Gasteiger partial charge is 0.0991 e. The molecule has 0 saturated heterocycles. The van der Waals surface area contributed by atoms with Gasteiger partial charge in [-0.05, 0) is 48.0 Å². The molecule has 0 bridgehead atoms. The maximum Gasteiger partial charge on any atom is 0.0991 e. The Morgan fingerprint density at radius 2 is 1.38 bits per heavy atom. The molecule has 0 amide bonds. The first-order valence-electron chi connectivity index (χ1n) is 11.4. The third kappa shape index (κ3) is 2.63. The number of hydrogen-bond acceptors (Lipinski definition) is 1. The van der Waals surface area contributed by atoms with Gasteiger partial charge in [-0.1, -0.05) is 66.7 Å². The lowest BCUT2D eigenvalue weighted by Crippen LogP contribution is -1.94. The van der Waals surface area contributed by atoms with Crippen LogP contribution in [0, 0.1) is 11.3 Å². The first kappa shape index (κ1) is 18.7. The van der Waals surface area contributed by atoms with Crippen molar-refractivity contribution in [3.8, 4) is 22.9 Å². The largest absolute Gasteiger partial charge is 0.354 e. The quantitative estimate of drug-likeness (QED) is 0.295. The molecule has 0 radical (unpaired) electrons. The predicted molar refractivity (Wildman–Crippen MR) is 140 cm³/mol. The van der Waals surface area contributed by atoms with Gasteiger partial charge in [0, 0.05) is 38.3 Å². The van der Waals surface area contributed by atoms with Crippen LogP contribution in [0.15, 0.2) is 109 Å². The summed E-state index contributed by atoms with van der Waals surface area (Å²) in [7, 11) is 0. The molecule has 3 nitrogen and oxygen atoms in total. The Labute approximate surface area is 196 Å². The van der Waals surface area contributed by atoms with E-state index in [1.165, 1.54) is 16.3 Å². The number of H-pyrrole nitrogens is 1. The Bertz CT molecular complexity index is 1930. The molecule has 0 aliphatic rings. The lowest BCUT2D eigenvalue weighted by atomic mass is 10.0. The van der Waals surface area contributed by atoms with E-state index in [4.69, 9.17) is 0 Å². The van der Waals surface area contributed by atoms with Crippen LogP contribution in [0.4, 0.5) is 0 Å². The van der Waals surface area contributed by atoms with Gasteiger partial charge in [0.15, 0.2) is 0 Å². The van der Waals surface area contributed by atoms with Gasteiger partial charge in [0.1, 0.15) is 0 Å². The molecule has 0 fully saturated rings. The van der Waals surface area contributed by atoms with Crippen LogP contribution in [0.2, 0.25) is 0 Å². The number of fused-ring (bicyclic) bond motifs is 6. The second-order valence-corrected chi connectivity index (χ2v) is 8.65. The number of benzene rings is 5. The highest BCUT2D eigenvalue weighted by Gasteiger charge is 2.14. The Balaban J connectivity index is 1.49. The summed E-state index contributed by atoms with van der Waals surface area (Å²) in [5.74, 6) is 0. The lowest BCUT2D eigenvalue weighted by molar-refractivity contribution is 1.18. The van der Waals surface area contributed by atoms with E-state index < -0.39 is 0 Å². The molecule has 2 heterocycles. The molecule has 7 rings (SSSR count). The summed E-state index contributed by atoms with van der Waals surface area (Å²) >= 11 is 0. The summed E-state index contributed by atoms with van der Waals surface area (Å²) in [5, 5.41) is 14.2. The molecule has 7 aromatic rings. The first-order chi connectivity index (χ1) is 16.8. The molecule has 1 N–H and O–H groups in total. The van der Waals surface area contributed by atoms with Crippen molar-refractivity contribution in [1.82, 2.24) is 9.55 Å². The number of aromatic amines is 1. The highest BCUT2D eigenvalue weighted by Crippen LogP contribution is 2.36. The van der Waals surface area contributed by atoms with E-state index in [0.29, 0.717) is 5.56 Å². The molecule has 158 valence electrons. The van der Waals surface area contributed by atoms with Gasteiger partial charge >= 0.3 is 0 Å². The van der Waals surface area contributed by atoms with E-state index in [1.807, 2.05) is 12.1 Å². The van der Waals surface area contributed by atoms with Crippen LogP contribution >= 0.6 is 0 Å². The van der Waals surface area contributed by atoms with Crippen LogP contribution < -0.4 is 0 Å². The number of nitrogens with zero attached hydrogens (tertiary/aromatic N) is 2. The van der Waals surface area contributed by atoms with Gasteiger partial charge in [-0.15, -0.1) is 0 Å². The zero-order valence-corrected chi connectivity index (χ0v) is 18.3. The van der Waals surface area contributed by atoms with Crippen molar-refractivity contribution < 1.29 is 0 Å². The predicted octanol–water partition coefficient (Wildman–Crippen LogP) is 7.96. The first-order valence-corrected chi connectivity index (χ1v) is 11.4. The fraction of sp³-hybridized carbons (Fsp3) is 0. The summed E-state index contributed by atoms with van der Waals surface area (Å²) in [6.45, 7) is 0. The van der Waals surface area contributed by atoms with Gasteiger partial charge in [-0.2, -0.15) is 5.26 Å². The lowest BCUT2D eigenvalue weighted by Gasteiger charge is -2.11. The van der Waals surface area contributed by atoms with Gasteiger partial charge in [0.25, 0.3) is 0 Å². The summed E-state index contributed by atoms with van der Waals surface area (Å²) in [5.41, 5.74) is 8.65. The van der Waals surface area contributed by atoms with Crippen molar-refractivity contribution in [1.29, 1.82) is 5.26 Å². The summed E-state index contributed by atoms with van der Waals surface area (Å²) < 4.78 is 2.29. The van der Waals surface area contributed by atoms with E-state index in [1.54, 1.807) is 0 Å². The van der Waals surface area contributed by atoms with Crippen molar-refractivity contribution in [2.45, 2.75) is 0 Å². The Morgan fingerprint density at radius 3 is 2.29 bits per heavy atom. The Kier molecular flexibility index (Phi) is 3.91. The number of nitrogens with one attached hydrogen (secondary N) is 1. The van der Waals surface area contributed by atoms with Crippen LogP contribution in [0.3, 0.4) is 0 Å². The fourth-order valence-corrected chi connectivity index (χ4v) is 5.25. The van der Waals surface area contributed by atoms with Crippen molar-refractivity contribution in [2.24, 2.45) is 0 Å². The maximum absolute atomic E-state index is 9.43. The summed E-state index contributed by atoms with van der Waals surface area (Å²) in [4.78, 5) is 3.63. The number of nitriles is 1. The van der Waals surface area contributed by atoms with Crippen LogP contribution in [0.25, 0.3) is 60.4 Å². The summed E-state index contributed by atoms with van der Waals surface area (Å²) in [6, 6.07) is 40.3. The van der Waals surface area contributed by atoms with E-state index in [0.717, 1.165) is 44.1 Å². The van der Waals surface area contributed by atoms with E-state index in [9.17, 15) is 5.26 Å². The second-order valence-electron chi connectivity index (χ2n) is 8.65. The highest BCUT2D eigenvalue weighted by atomic mass is 15.0.